The maximum atomic E-state index is 11.4. The van der Waals surface area contributed by atoms with Gasteiger partial charge in [0, 0.05) is 5.56 Å². The number of nitrogens with one attached hydrogen (secondary N) is 1. The molecule has 0 radical (unpaired) electrons. The first kappa shape index (κ1) is 15.9. The van der Waals surface area contributed by atoms with Crippen LogP contribution in [0, 0.1) is 0 Å². The van der Waals surface area contributed by atoms with Gasteiger partial charge in [0.15, 0.2) is 0 Å². The summed E-state index contributed by atoms with van der Waals surface area (Å²) in [4.78, 5) is 15.5. The van der Waals surface area contributed by atoms with Gasteiger partial charge in [-0.05, 0) is 17.7 Å². The van der Waals surface area contributed by atoms with Crippen LogP contribution in [-0.2, 0) is 11.4 Å². The van der Waals surface area contributed by atoms with Crippen LogP contribution in [0.5, 0.6) is 5.75 Å². The number of hydrogen-bond acceptors (Lipinski definition) is 5. The number of rotatable bonds is 5. The van der Waals surface area contributed by atoms with E-state index in [2.05, 4.69) is 15.4 Å². The molecule has 130 valence electrons. The Morgan fingerprint density at radius 1 is 1.15 bits per heavy atom. The number of allylic oxidation sites excluding steroid dienone is 1. The van der Waals surface area contributed by atoms with Gasteiger partial charge >= 0.3 is 5.97 Å². The Bertz CT molecular complexity index is 966. The number of fused-ring (bicyclic) bond motifs is 1. The molecule has 2 aromatic carbocycles. The van der Waals surface area contributed by atoms with Crippen molar-refractivity contribution in [1.29, 1.82) is 0 Å². The molecule has 0 aliphatic carbocycles. The van der Waals surface area contributed by atoms with Crippen molar-refractivity contribution in [3.05, 3.63) is 83.8 Å². The average molecular weight is 348 g/mol. The number of anilines is 1. The van der Waals surface area contributed by atoms with Crippen LogP contribution in [0.2, 0.25) is 0 Å². The lowest BCUT2D eigenvalue weighted by Gasteiger charge is -2.24. The molecule has 1 aromatic heterocycles. The highest BCUT2D eigenvalue weighted by Crippen LogP contribution is 2.34. The van der Waals surface area contributed by atoms with Crippen molar-refractivity contribution < 1.29 is 14.6 Å². The summed E-state index contributed by atoms with van der Waals surface area (Å²) >= 11 is 0. The molecule has 0 spiro atoms. The third kappa shape index (κ3) is 3.02. The second-order valence-electron chi connectivity index (χ2n) is 5.80. The molecule has 7 nitrogen and oxygen atoms in total. The molecule has 0 amide bonds. The van der Waals surface area contributed by atoms with Crippen molar-refractivity contribution in [3.8, 4) is 5.75 Å². The summed E-state index contributed by atoms with van der Waals surface area (Å²) in [7, 11) is 0. The Labute approximate surface area is 149 Å². The molecule has 2 N–H and O–H groups in total. The molecule has 0 fully saturated rings. The predicted octanol–water partition coefficient (Wildman–Crippen LogP) is 2.84. The molecule has 0 bridgehead atoms. The summed E-state index contributed by atoms with van der Waals surface area (Å²) in [5.74, 6) is 0.00499. The molecule has 4 rings (SSSR count). The van der Waals surface area contributed by atoms with Crippen LogP contribution in [-0.4, -0.2) is 25.8 Å². The molecule has 7 heteroatoms. The lowest BCUT2D eigenvalue weighted by Crippen LogP contribution is -2.24. The SMILES string of the molecule is O=C(O)C1=CC(c2ccccc2OCc2ccccc2)n2ncnc2N1. The van der Waals surface area contributed by atoms with Crippen LogP contribution < -0.4 is 10.1 Å². The van der Waals surface area contributed by atoms with E-state index in [4.69, 9.17) is 4.74 Å². The molecule has 1 atom stereocenters. The molecule has 1 aliphatic heterocycles. The number of carbonyl (C=O) groups is 1. The van der Waals surface area contributed by atoms with Gasteiger partial charge in [-0.25, -0.2) is 9.48 Å². The fraction of sp³-hybridized carbons (Fsp3) is 0.105. The maximum Gasteiger partial charge on any atom is 0.352 e. The minimum absolute atomic E-state index is 0.0633. The summed E-state index contributed by atoms with van der Waals surface area (Å²) in [6.07, 6.45) is 3.00. The van der Waals surface area contributed by atoms with Gasteiger partial charge in [0.2, 0.25) is 5.95 Å². The van der Waals surface area contributed by atoms with E-state index in [0.29, 0.717) is 18.3 Å². The van der Waals surface area contributed by atoms with Gasteiger partial charge < -0.3 is 15.2 Å². The van der Waals surface area contributed by atoms with Crippen molar-refractivity contribution in [1.82, 2.24) is 14.8 Å². The molecule has 0 saturated heterocycles. The molecule has 1 unspecified atom stereocenters. The van der Waals surface area contributed by atoms with E-state index in [1.165, 1.54) is 6.33 Å². The van der Waals surface area contributed by atoms with E-state index in [-0.39, 0.29) is 5.70 Å². The van der Waals surface area contributed by atoms with Gasteiger partial charge in [-0.1, -0.05) is 48.5 Å². The van der Waals surface area contributed by atoms with Crippen molar-refractivity contribution in [3.63, 3.8) is 0 Å². The molecule has 3 aromatic rings. The number of carboxylic acids is 1. The van der Waals surface area contributed by atoms with Gasteiger partial charge in [-0.3, -0.25) is 0 Å². The number of aromatic nitrogens is 3. The van der Waals surface area contributed by atoms with Gasteiger partial charge in [0.05, 0.1) is 0 Å². The zero-order chi connectivity index (χ0) is 17.9. The quantitative estimate of drug-likeness (QED) is 0.737. The zero-order valence-corrected chi connectivity index (χ0v) is 13.7. The van der Waals surface area contributed by atoms with Gasteiger partial charge in [-0.15, -0.1) is 0 Å². The molecule has 0 saturated carbocycles. The van der Waals surface area contributed by atoms with E-state index < -0.39 is 12.0 Å². The van der Waals surface area contributed by atoms with Gasteiger partial charge in [0.25, 0.3) is 0 Å². The number of aliphatic carboxylic acids is 1. The monoisotopic (exact) mass is 348 g/mol. The van der Waals surface area contributed by atoms with E-state index >= 15 is 0 Å². The summed E-state index contributed by atoms with van der Waals surface area (Å²) in [5, 5.41) is 16.3. The number of carboxylic acid groups (broad SMARTS) is 1. The third-order valence-electron chi connectivity index (χ3n) is 4.11. The number of ether oxygens (including phenoxy) is 1. The number of hydrogen-bond donors (Lipinski definition) is 2. The zero-order valence-electron chi connectivity index (χ0n) is 13.7. The second-order valence-corrected chi connectivity index (χ2v) is 5.80. The van der Waals surface area contributed by atoms with Crippen LogP contribution >= 0.6 is 0 Å². The van der Waals surface area contributed by atoms with Gasteiger partial charge in [0.1, 0.15) is 30.4 Å². The highest BCUT2D eigenvalue weighted by atomic mass is 16.5. The third-order valence-corrected chi connectivity index (χ3v) is 4.11. The minimum atomic E-state index is -1.05. The fourth-order valence-corrected chi connectivity index (χ4v) is 2.87. The van der Waals surface area contributed by atoms with Crippen LogP contribution in [0.15, 0.2) is 72.7 Å². The van der Waals surface area contributed by atoms with Crippen LogP contribution in [0.1, 0.15) is 17.2 Å². The number of benzene rings is 2. The Balaban J connectivity index is 1.69. The average Bonchev–Trinajstić information content (AvgIpc) is 3.15. The number of nitrogens with zero attached hydrogens (tertiary/aromatic N) is 3. The lowest BCUT2D eigenvalue weighted by atomic mass is 10.0. The Kier molecular flexibility index (Phi) is 4.10. The largest absolute Gasteiger partial charge is 0.489 e. The smallest absolute Gasteiger partial charge is 0.352 e. The summed E-state index contributed by atoms with van der Waals surface area (Å²) in [5.41, 5.74) is 1.93. The summed E-state index contributed by atoms with van der Waals surface area (Å²) in [6.45, 7) is 0.419. The first-order valence-corrected chi connectivity index (χ1v) is 8.09. The van der Waals surface area contributed by atoms with E-state index in [0.717, 1.165) is 11.1 Å². The molecule has 2 heterocycles. The predicted molar refractivity (Wildman–Crippen MR) is 94.7 cm³/mol. The Hall–Kier alpha value is -3.61. The lowest BCUT2D eigenvalue weighted by molar-refractivity contribution is -0.132. The van der Waals surface area contributed by atoms with Crippen molar-refractivity contribution in [2.45, 2.75) is 12.6 Å². The molecule has 1 aliphatic rings. The van der Waals surface area contributed by atoms with Crippen molar-refractivity contribution in [2.24, 2.45) is 0 Å². The fourth-order valence-electron chi connectivity index (χ4n) is 2.87. The van der Waals surface area contributed by atoms with Crippen LogP contribution in [0.3, 0.4) is 0 Å². The second kappa shape index (κ2) is 6.72. The molecule has 26 heavy (non-hydrogen) atoms. The van der Waals surface area contributed by atoms with E-state index in [9.17, 15) is 9.90 Å². The van der Waals surface area contributed by atoms with Crippen LogP contribution in [0.4, 0.5) is 5.95 Å². The minimum Gasteiger partial charge on any atom is -0.489 e. The Morgan fingerprint density at radius 2 is 1.92 bits per heavy atom. The first-order chi connectivity index (χ1) is 12.7. The van der Waals surface area contributed by atoms with Gasteiger partial charge in [-0.2, -0.15) is 10.1 Å². The summed E-state index contributed by atoms with van der Waals surface area (Å²) in [6, 6.07) is 17.0. The highest BCUT2D eigenvalue weighted by molar-refractivity contribution is 5.90. The van der Waals surface area contributed by atoms with Crippen molar-refractivity contribution >= 4 is 11.9 Å². The van der Waals surface area contributed by atoms with E-state index in [1.807, 2.05) is 54.6 Å². The molecular weight excluding hydrogens is 332 g/mol. The Morgan fingerprint density at radius 3 is 2.73 bits per heavy atom. The van der Waals surface area contributed by atoms with Crippen LogP contribution in [0.25, 0.3) is 0 Å². The normalized spacial score (nSPS) is 15.5. The highest BCUT2D eigenvalue weighted by Gasteiger charge is 2.27. The van der Waals surface area contributed by atoms with Crippen molar-refractivity contribution in [2.75, 3.05) is 5.32 Å². The standard InChI is InChI=1S/C19H16N4O3/c24-18(25)15-10-16(23-19(22-15)20-12-21-23)14-8-4-5-9-17(14)26-11-13-6-2-1-3-7-13/h1-10,12,16H,11H2,(H,24,25)(H,20,21,22). The number of para-hydroxylation sites is 1. The van der Waals surface area contributed by atoms with E-state index in [1.54, 1.807) is 10.8 Å². The summed E-state index contributed by atoms with van der Waals surface area (Å²) < 4.78 is 7.64. The topological polar surface area (TPSA) is 89.3 Å². The maximum absolute atomic E-state index is 11.4. The molecular formula is C19H16N4O3. The first-order valence-electron chi connectivity index (χ1n) is 8.09.